The lowest BCUT2D eigenvalue weighted by Crippen LogP contribution is -2.18. The van der Waals surface area contributed by atoms with Crippen molar-refractivity contribution in [2.45, 2.75) is 6.54 Å². The van der Waals surface area contributed by atoms with Gasteiger partial charge in [-0.15, -0.1) is 0 Å². The molecular weight excluding hydrogens is 182 g/mol. The summed E-state index contributed by atoms with van der Waals surface area (Å²) in [4.78, 5) is 4.79. The van der Waals surface area contributed by atoms with Gasteiger partial charge < -0.3 is 14.3 Å². The molecule has 4 heteroatoms. The molecule has 0 aliphatic carbocycles. The SMILES string of the molecule is CONCc1cccc2c1OCCO2. The fourth-order valence-electron chi connectivity index (χ4n) is 1.42. The van der Waals surface area contributed by atoms with E-state index in [4.69, 9.17) is 14.3 Å². The van der Waals surface area contributed by atoms with Crippen molar-refractivity contribution in [3.63, 3.8) is 0 Å². The first kappa shape index (κ1) is 9.30. The van der Waals surface area contributed by atoms with E-state index < -0.39 is 0 Å². The smallest absolute Gasteiger partial charge is 0.165 e. The highest BCUT2D eigenvalue weighted by Gasteiger charge is 2.14. The highest BCUT2D eigenvalue weighted by atomic mass is 16.6. The lowest BCUT2D eigenvalue weighted by atomic mass is 10.2. The van der Waals surface area contributed by atoms with Gasteiger partial charge in [0.05, 0.1) is 7.11 Å². The third kappa shape index (κ3) is 1.81. The van der Waals surface area contributed by atoms with Crippen molar-refractivity contribution in [1.82, 2.24) is 5.48 Å². The average Bonchev–Trinajstić information content (AvgIpc) is 2.26. The van der Waals surface area contributed by atoms with Crippen molar-refractivity contribution in [2.24, 2.45) is 0 Å². The number of nitrogens with one attached hydrogen (secondary N) is 1. The summed E-state index contributed by atoms with van der Waals surface area (Å²) in [7, 11) is 1.59. The van der Waals surface area contributed by atoms with Crippen LogP contribution in [0.3, 0.4) is 0 Å². The molecule has 0 atom stereocenters. The standard InChI is InChI=1S/C10H13NO3/c1-12-11-7-8-3-2-4-9-10(8)14-6-5-13-9/h2-4,11H,5-7H2,1H3. The minimum Gasteiger partial charge on any atom is -0.486 e. The highest BCUT2D eigenvalue weighted by molar-refractivity contribution is 5.47. The van der Waals surface area contributed by atoms with Crippen molar-refractivity contribution in [3.05, 3.63) is 23.8 Å². The van der Waals surface area contributed by atoms with Gasteiger partial charge in [0, 0.05) is 12.1 Å². The van der Waals surface area contributed by atoms with Gasteiger partial charge in [-0.25, -0.2) is 0 Å². The molecule has 0 spiro atoms. The molecule has 2 rings (SSSR count). The van der Waals surface area contributed by atoms with Crippen LogP contribution in [0.4, 0.5) is 0 Å². The van der Waals surface area contributed by atoms with E-state index in [9.17, 15) is 0 Å². The molecule has 1 aliphatic rings. The Morgan fingerprint density at radius 2 is 2.21 bits per heavy atom. The molecule has 1 aromatic rings. The Balaban J connectivity index is 2.21. The number of hydroxylamine groups is 1. The summed E-state index contributed by atoms with van der Waals surface area (Å²) in [5.74, 6) is 1.63. The van der Waals surface area contributed by atoms with E-state index in [-0.39, 0.29) is 0 Å². The van der Waals surface area contributed by atoms with Crippen molar-refractivity contribution >= 4 is 0 Å². The van der Waals surface area contributed by atoms with Crippen molar-refractivity contribution in [3.8, 4) is 11.5 Å². The van der Waals surface area contributed by atoms with Crippen molar-refractivity contribution in [1.29, 1.82) is 0 Å². The maximum absolute atomic E-state index is 5.53. The molecule has 14 heavy (non-hydrogen) atoms. The molecule has 0 saturated heterocycles. The average molecular weight is 195 g/mol. The zero-order valence-corrected chi connectivity index (χ0v) is 8.08. The van der Waals surface area contributed by atoms with Gasteiger partial charge in [-0.1, -0.05) is 12.1 Å². The second-order valence-corrected chi connectivity index (χ2v) is 2.97. The fourth-order valence-corrected chi connectivity index (χ4v) is 1.42. The van der Waals surface area contributed by atoms with Gasteiger partial charge in [0.2, 0.25) is 0 Å². The third-order valence-corrected chi connectivity index (χ3v) is 2.05. The van der Waals surface area contributed by atoms with E-state index in [0.717, 1.165) is 17.1 Å². The molecule has 1 aliphatic heterocycles. The van der Waals surface area contributed by atoms with Crippen LogP contribution >= 0.6 is 0 Å². The quantitative estimate of drug-likeness (QED) is 0.733. The largest absolute Gasteiger partial charge is 0.486 e. The molecule has 0 aromatic heterocycles. The monoisotopic (exact) mass is 195 g/mol. The van der Waals surface area contributed by atoms with Crippen LogP contribution in [0.2, 0.25) is 0 Å². The normalized spacial score (nSPS) is 14.1. The van der Waals surface area contributed by atoms with Gasteiger partial charge in [0.15, 0.2) is 11.5 Å². The lowest BCUT2D eigenvalue weighted by Gasteiger charge is -2.20. The number of rotatable bonds is 3. The van der Waals surface area contributed by atoms with E-state index in [0.29, 0.717) is 19.8 Å². The van der Waals surface area contributed by atoms with Gasteiger partial charge in [-0.2, -0.15) is 5.48 Å². The maximum atomic E-state index is 5.53. The molecule has 1 aromatic carbocycles. The van der Waals surface area contributed by atoms with Gasteiger partial charge in [0.25, 0.3) is 0 Å². The van der Waals surface area contributed by atoms with Crippen molar-refractivity contribution in [2.75, 3.05) is 20.3 Å². The minimum atomic E-state index is 0.608. The summed E-state index contributed by atoms with van der Waals surface area (Å²) in [6.07, 6.45) is 0. The molecule has 0 radical (unpaired) electrons. The second-order valence-electron chi connectivity index (χ2n) is 2.97. The first-order chi connectivity index (χ1) is 6.92. The molecule has 0 bridgehead atoms. The molecule has 0 amide bonds. The van der Waals surface area contributed by atoms with E-state index in [1.54, 1.807) is 7.11 Å². The van der Waals surface area contributed by atoms with Gasteiger partial charge in [-0.05, 0) is 6.07 Å². The summed E-state index contributed by atoms with van der Waals surface area (Å²) in [6.45, 7) is 1.84. The molecular formula is C10H13NO3. The van der Waals surface area contributed by atoms with Crippen LogP contribution in [-0.4, -0.2) is 20.3 Å². The summed E-state index contributed by atoms with van der Waals surface area (Å²) in [5.41, 5.74) is 3.82. The van der Waals surface area contributed by atoms with E-state index in [1.165, 1.54) is 0 Å². The first-order valence-electron chi connectivity index (χ1n) is 4.55. The fraction of sp³-hybridized carbons (Fsp3) is 0.400. The predicted octanol–water partition coefficient (Wildman–Crippen LogP) is 1.11. The Morgan fingerprint density at radius 3 is 3.07 bits per heavy atom. The van der Waals surface area contributed by atoms with Crippen LogP contribution < -0.4 is 15.0 Å². The summed E-state index contributed by atoms with van der Waals surface area (Å²) < 4.78 is 11.0. The Hall–Kier alpha value is -1.26. The van der Waals surface area contributed by atoms with Crippen LogP contribution in [0.5, 0.6) is 11.5 Å². The number of hydrogen-bond acceptors (Lipinski definition) is 4. The zero-order chi connectivity index (χ0) is 9.80. The zero-order valence-electron chi connectivity index (χ0n) is 8.08. The van der Waals surface area contributed by atoms with Gasteiger partial charge >= 0.3 is 0 Å². The molecule has 0 unspecified atom stereocenters. The minimum absolute atomic E-state index is 0.608. The molecule has 0 saturated carbocycles. The van der Waals surface area contributed by atoms with E-state index in [1.807, 2.05) is 18.2 Å². The summed E-state index contributed by atoms with van der Waals surface area (Å²) in [6, 6.07) is 5.84. The van der Waals surface area contributed by atoms with Gasteiger partial charge in [0.1, 0.15) is 13.2 Å². The molecule has 76 valence electrons. The summed E-state index contributed by atoms with van der Waals surface area (Å²) >= 11 is 0. The van der Waals surface area contributed by atoms with Crippen LogP contribution in [0.15, 0.2) is 18.2 Å². The van der Waals surface area contributed by atoms with Crippen molar-refractivity contribution < 1.29 is 14.3 Å². The van der Waals surface area contributed by atoms with Crippen LogP contribution in [0.1, 0.15) is 5.56 Å². The first-order valence-corrected chi connectivity index (χ1v) is 4.55. The van der Waals surface area contributed by atoms with Crippen LogP contribution in [0.25, 0.3) is 0 Å². The molecule has 0 fully saturated rings. The Morgan fingerprint density at radius 1 is 1.36 bits per heavy atom. The number of hydrogen-bond donors (Lipinski definition) is 1. The molecule has 4 nitrogen and oxygen atoms in total. The third-order valence-electron chi connectivity index (χ3n) is 2.05. The Labute approximate surface area is 82.7 Å². The maximum Gasteiger partial charge on any atom is 0.165 e. The van der Waals surface area contributed by atoms with Gasteiger partial charge in [-0.3, -0.25) is 0 Å². The number of ether oxygens (including phenoxy) is 2. The topological polar surface area (TPSA) is 39.7 Å². The lowest BCUT2D eigenvalue weighted by molar-refractivity contribution is 0.0849. The number of benzene rings is 1. The Bertz CT molecular complexity index is 314. The van der Waals surface area contributed by atoms with E-state index in [2.05, 4.69) is 5.48 Å². The Kier molecular flexibility index (Phi) is 2.86. The van der Waals surface area contributed by atoms with Crippen LogP contribution in [-0.2, 0) is 11.4 Å². The second kappa shape index (κ2) is 4.30. The highest BCUT2D eigenvalue weighted by Crippen LogP contribution is 2.33. The number of para-hydroxylation sites is 1. The predicted molar refractivity (Wildman–Crippen MR) is 51.3 cm³/mol. The summed E-state index contributed by atoms with van der Waals surface area (Å²) in [5, 5.41) is 0. The molecule has 1 N–H and O–H groups in total. The number of fused-ring (bicyclic) bond motifs is 1. The van der Waals surface area contributed by atoms with E-state index >= 15 is 0 Å². The molecule has 1 heterocycles. The van der Waals surface area contributed by atoms with Crippen LogP contribution in [0, 0.1) is 0 Å².